The summed E-state index contributed by atoms with van der Waals surface area (Å²) in [6, 6.07) is 0. The minimum atomic E-state index is -0.833. The number of carboxylic acid groups (broad SMARTS) is 1. The molecule has 0 saturated heterocycles. The minimum Gasteiger partial charge on any atom is -0.481 e. The van der Waals surface area contributed by atoms with Crippen LogP contribution in [0.2, 0.25) is 0 Å². The molecule has 0 fully saturated rings. The normalized spacial score (nSPS) is 7.79. The molecule has 0 aromatic rings. The average Bonchev–Trinajstić information content (AvgIpc) is 2.06. The lowest BCUT2D eigenvalue weighted by Crippen LogP contribution is -2.03. The van der Waals surface area contributed by atoms with Gasteiger partial charge < -0.3 is 24.8 Å². The highest BCUT2D eigenvalue weighted by atomic mass is 16.5. The summed E-state index contributed by atoms with van der Waals surface area (Å²) in [5.74, 6) is -0.833. The van der Waals surface area contributed by atoms with Crippen molar-refractivity contribution in [2.75, 3.05) is 40.6 Å². The van der Waals surface area contributed by atoms with Crippen LogP contribution in [0.15, 0.2) is 0 Å². The highest BCUT2D eigenvalue weighted by molar-refractivity contribution is 5.62. The molecule has 0 unspecified atom stereocenters. The maximum Gasteiger partial charge on any atom is 0.300 e. The molecule has 0 rings (SSSR count). The lowest BCUT2D eigenvalue weighted by Gasteiger charge is -1.94. The highest BCUT2D eigenvalue weighted by Gasteiger charge is 1.79. The number of aliphatic hydroxyl groups is 2. The van der Waals surface area contributed by atoms with E-state index in [-0.39, 0.29) is 13.2 Å². The van der Waals surface area contributed by atoms with Gasteiger partial charge in [0.25, 0.3) is 5.97 Å². The largest absolute Gasteiger partial charge is 0.481 e. The molecule has 0 aliphatic carbocycles. The number of ether oxygens (including phenoxy) is 2. The number of hydrogen-bond donors (Lipinski definition) is 3. The van der Waals surface area contributed by atoms with Gasteiger partial charge in [-0.15, -0.1) is 0 Å². The number of carboxylic acids is 1. The highest BCUT2D eigenvalue weighted by Crippen LogP contribution is 1.68. The van der Waals surface area contributed by atoms with Gasteiger partial charge >= 0.3 is 0 Å². The quantitative estimate of drug-likeness (QED) is 0.535. The number of hydrogen-bond acceptors (Lipinski definition) is 5. The van der Waals surface area contributed by atoms with E-state index in [2.05, 4.69) is 9.47 Å². The lowest BCUT2D eigenvalue weighted by molar-refractivity contribution is -0.134. The summed E-state index contributed by atoms with van der Waals surface area (Å²) in [4.78, 5) is 9.00. The molecule has 0 spiro atoms. The van der Waals surface area contributed by atoms with Gasteiger partial charge in [0.1, 0.15) is 0 Å². The molecular weight excluding hydrogens is 192 g/mol. The predicted molar refractivity (Wildman–Crippen MR) is 51.2 cm³/mol. The Kier molecular flexibility index (Phi) is 30.9. The lowest BCUT2D eigenvalue weighted by atomic mass is 10.7. The van der Waals surface area contributed by atoms with Crippen LogP contribution in [-0.2, 0) is 14.3 Å². The van der Waals surface area contributed by atoms with Crippen molar-refractivity contribution in [1.29, 1.82) is 0 Å². The Balaban J connectivity index is -0.000000147. The summed E-state index contributed by atoms with van der Waals surface area (Å²) >= 11 is 0. The first-order chi connectivity index (χ1) is 6.56. The van der Waals surface area contributed by atoms with Crippen molar-refractivity contribution in [2.45, 2.75) is 6.92 Å². The first-order valence-electron chi connectivity index (χ1n) is 3.95. The van der Waals surface area contributed by atoms with E-state index in [0.717, 1.165) is 6.92 Å². The van der Waals surface area contributed by atoms with Gasteiger partial charge in [0, 0.05) is 21.1 Å². The molecule has 0 heterocycles. The fourth-order valence-corrected chi connectivity index (χ4v) is 0.231. The van der Waals surface area contributed by atoms with Crippen LogP contribution in [0.3, 0.4) is 0 Å². The first-order valence-corrected chi connectivity index (χ1v) is 3.95. The summed E-state index contributed by atoms with van der Waals surface area (Å²) in [5, 5.41) is 23.6. The fraction of sp³-hybridized carbons (Fsp3) is 0.875. The van der Waals surface area contributed by atoms with Crippen molar-refractivity contribution in [3.05, 3.63) is 0 Å². The van der Waals surface area contributed by atoms with Crippen LogP contribution in [-0.4, -0.2) is 61.9 Å². The molecule has 0 aromatic heterocycles. The second-order valence-corrected chi connectivity index (χ2v) is 1.99. The molecular formula is C8H20O6. The van der Waals surface area contributed by atoms with E-state index in [1.807, 2.05) is 0 Å². The zero-order valence-electron chi connectivity index (χ0n) is 8.89. The molecule has 14 heavy (non-hydrogen) atoms. The Morgan fingerprint density at radius 3 is 1.50 bits per heavy atom. The topological polar surface area (TPSA) is 96.2 Å². The molecule has 0 aliphatic rings. The number of aliphatic carboxylic acids is 1. The third kappa shape index (κ3) is 110. The summed E-state index contributed by atoms with van der Waals surface area (Å²) in [6.45, 7) is 1.78. The van der Waals surface area contributed by atoms with Crippen LogP contribution in [0.5, 0.6) is 0 Å². The number of carbonyl (C=O) groups is 1. The average molecular weight is 212 g/mol. The van der Waals surface area contributed by atoms with E-state index in [4.69, 9.17) is 20.1 Å². The third-order valence-corrected chi connectivity index (χ3v) is 0.471. The molecule has 0 radical (unpaired) electrons. The van der Waals surface area contributed by atoms with E-state index < -0.39 is 5.97 Å². The molecule has 0 aromatic carbocycles. The SMILES string of the molecule is CC(=O)O.COC.OCCOCCO. The Bertz CT molecular complexity index is 87.8. The molecule has 3 N–H and O–H groups in total. The molecule has 6 heteroatoms. The fourth-order valence-electron chi connectivity index (χ4n) is 0.231. The van der Waals surface area contributed by atoms with E-state index in [0.29, 0.717) is 13.2 Å². The zero-order chi connectivity index (χ0) is 11.8. The first kappa shape index (κ1) is 19.0. The summed E-state index contributed by atoms with van der Waals surface area (Å²) < 4.78 is 8.88. The van der Waals surface area contributed by atoms with Crippen molar-refractivity contribution in [3.8, 4) is 0 Å². The van der Waals surface area contributed by atoms with E-state index >= 15 is 0 Å². The van der Waals surface area contributed by atoms with Crippen molar-refractivity contribution in [2.24, 2.45) is 0 Å². The van der Waals surface area contributed by atoms with Crippen LogP contribution in [0, 0.1) is 0 Å². The Morgan fingerprint density at radius 2 is 1.36 bits per heavy atom. The van der Waals surface area contributed by atoms with Gasteiger partial charge in [0.05, 0.1) is 26.4 Å². The zero-order valence-corrected chi connectivity index (χ0v) is 8.89. The van der Waals surface area contributed by atoms with Gasteiger partial charge in [0.2, 0.25) is 0 Å². The summed E-state index contributed by atoms with van der Waals surface area (Å²) in [5.41, 5.74) is 0. The van der Waals surface area contributed by atoms with Crippen LogP contribution in [0.1, 0.15) is 6.92 Å². The minimum absolute atomic E-state index is 0.0278. The van der Waals surface area contributed by atoms with Crippen LogP contribution in [0.25, 0.3) is 0 Å². The van der Waals surface area contributed by atoms with Gasteiger partial charge in [-0.1, -0.05) is 0 Å². The summed E-state index contributed by atoms with van der Waals surface area (Å²) in [6.07, 6.45) is 0. The van der Waals surface area contributed by atoms with E-state index in [1.165, 1.54) is 0 Å². The van der Waals surface area contributed by atoms with Crippen molar-refractivity contribution >= 4 is 5.97 Å². The maximum absolute atomic E-state index is 9.00. The smallest absolute Gasteiger partial charge is 0.300 e. The van der Waals surface area contributed by atoms with Crippen molar-refractivity contribution in [1.82, 2.24) is 0 Å². The number of aliphatic hydroxyl groups excluding tert-OH is 2. The van der Waals surface area contributed by atoms with Crippen LogP contribution < -0.4 is 0 Å². The standard InChI is InChI=1S/C4H10O3.C2H4O2.C2H6O/c5-1-3-7-4-2-6;1-2(3)4;1-3-2/h5-6H,1-4H2;1H3,(H,3,4);1-2H3. The number of rotatable bonds is 4. The van der Waals surface area contributed by atoms with Gasteiger partial charge in [0.15, 0.2) is 0 Å². The van der Waals surface area contributed by atoms with Gasteiger partial charge in [-0.25, -0.2) is 0 Å². The molecule has 0 amide bonds. The number of methoxy groups -OCH3 is 1. The van der Waals surface area contributed by atoms with Gasteiger partial charge in [-0.3, -0.25) is 4.79 Å². The third-order valence-electron chi connectivity index (χ3n) is 0.471. The van der Waals surface area contributed by atoms with E-state index in [1.54, 1.807) is 14.2 Å². The molecule has 0 saturated carbocycles. The molecule has 88 valence electrons. The van der Waals surface area contributed by atoms with Gasteiger partial charge in [-0.2, -0.15) is 0 Å². The van der Waals surface area contributed by atoms with E-state index in [9.17, 15) is 0 Å². The molecule has 0 atom stereocenters. The predicted octanol–water partition coefficient (Wildman–Crippen LogP) is -0.659. The molecule has 0 aliphatic heterocycles. The van der Waals surface area contributed by atoms with Gasteiger partial charge in [-0.05, 0) is 0 Å². The second-order valence-electron chi connectivity index (χ2n) is 1.99. The molecule has 0 bridgehead atoms. The maximum atomic E-state index is 9.00. The monoisotopic (exact) mass is 212 g/mol. The van der Waals surface area contributed by atoms with Crippen molar-refractivity contribution in [3.63, 3.8) is 0 Å². The Hall–Kier alpha value is -0.690. The summed E-state index contributed by atoms with van der Waals surface area (Å²) in [7, 11) is 3.25. The Morgan fingerprint density at radius 1 is 1.14 bits per heavy atom. The van der Waals surface area contributed by atoms with Crippen LogP contribution >= 0.6 is 0 Å². The van der Waals surface area contributed by atoms with Crippen molar-refractivity contribution < 1.29 is 29.6 Å². The second kappa shape index (κ2) is 22.8. The molecule has 6 nitrogen and oxygen atoms in total. The van der Waals surface area contributed by atoms with Crippen LogP contribution in [0.4, 0.5) is 0 Å². The Labute approximate surface area is 84.1 Å².